The lowest BCUT2D eigenvalue weighted by Gasteiger charge is -2.26. The van der Waals surface area contributed by atoms with Crippen LogP contribution in [0.2, 0.25) is 12.1 Å². The summed E-state index contributed by atoms with van der Waals surface area (Å²) in [5, 5.41) is 0. The van der Waals surface area contributed by atoms with Gasteiger partial charge in [0.2, 0.25) is 0 Å². The molecule has 1 rings (SSSR count). The molecule has 0 fully saturated rings. The zero-order chi connectivity index (χ0) is 14.7. The minimum Gasteiger partial charge on any atom is -0.398 e. The molecule has 112 valence electrons. The van der Waals surface area contributed by atoms with Crippen LogP contribution in [-0.4, -0.2) is 22.8 Å². The van der Waals surface area contributed by atoms with Gasteiger partial charge in [-0.15, -0.1) is 0 Å². The fourth-order valence-electron chi connectivity index (χ4n) is 2.44. The second kappa shape index (κ2) is 9.92. The molecule has 20 heavy (non-hydrogen) atoms. The van der Waals surface area contributed by atoms with E-state index in [0.29, 0.717) is 0 Å². The first-order valence-electron chi connectivity index (χ1n) is 7.58. The molecule has 1 aromatic carbocycles. The minimum atomic E-state index is -1.89. The lowest BCUT2D eigenvalue weighted by atomic mass is 10.2. The van der Waals surface area contributed by atoms with Crippen LogP contribution >= 0.6 is 0 Å². The Morgan fingerprint density at radius 1 is 1.00 bits per heavy atom. The summed E-state index contributed by atoms with van der Waals surface area (Å²) in [7, 11) is 1.72. The molecule has 2 nitrogen and oxygen atoms in total. The number of unbranched alkanes of at least 4 members (excludes halogenated alkanes) is 2. The van der Waals surface area contributed by atoms with E-state index < -0.39 is 8.56 Å². The Bertz CT molecular complexity index is 372. The Morgan fingerprint density at radius 3 is 2.30 bits per heavy atom. The van der Waals surface area contributed by atoms with Crippen LogP contribution in [0.4, 0.5) is 0 Å². The van der Waals surface area contributed by atoms with Crippen molar-refractivity contribution in [2.45, 2.75) is 44.7 Å². The van der Waals surface area contributed by atoms with E-state index in [-0.39, 0.29) is 0 Å². The number of benzene rings is 1. The second-order valence-electron chi connectivity index (χ2n) is 5.13. The smallest absolute Gasteiger partial charge is 0.337 e. The topological polar surface area (TPSA) is 18.5 Å². The highest BCUT2D eigenvalue weighted by Crippen LogP contribution is 2.22. The highest BCUT2D eigenvalue weighted by Gasteiger charge is 2.33. The van der Waals surface area contributed by atoms with Crippen LogP contribution in [0.5, 0.6) is 0 Å². The first kappa shape index (κ1) is 17.1. The van der Waals surface area contributed by atoms with Crippen LogP contribution in [0.15, 0.2) is 36.4 Å². The monoisotopic (exact) mass is 292 g/mol. The SMILES string of the molecule is CCC[Si](CCCCC=Cc1ccccc1)(OC)OC. The average molecular weight is 292 g/mol. The highest BCUT2D eigenvalue weighted by atomic mass is 28.4. The zero-order valence-electron chi connectivity index (χ0n) is 13.1. The van der Waals surface area contributed by atoms with Gasteiger partial charge < -0.3 is 8.85 Å². The summed E-state index contributed by atoms with van der Waals surface area (Å²) in [6.45, 7) is 2.20. The fraction of sp³-hybridized carbons (Fsp3) is 0.529. The van der Waals surface area contributed by atoms with E-state index in [4.69, 9.17) is 8.85 Å². The standard InChI is InChI=1S/C17H28O2Si/c1-4-15-20(18-2,19-3)16-11-6-5-8-12-17-13-9-7-10-14-17/h7-10,12-14H,4-6,11,15-16H2,1-3H3. The zero-order valence-corrected chi connectivity index (χ0v) is 14.1. The Hall–Kier alpha value is -0.903. The van der Waals surface area contributed by atoms with Crippen LogP contribution in [0, 0.1) is 0 Å². The van der Waals surface area contributed by atoms with E-state index in [2.05, 4.69) is 43.3 Å². The summed E-state index contributed by atoms with van der Waals surface area (Å²) in [6.07, 6.45) is 9.11. The first-order chi connectivity index (χ1) is 9.76. The van der Waals surface area contributed by atoms with Crippen molar-refractivity contribution >= 4 is 14.6 Å². The maximum atomic E-state index is 5.70. The first-order valence-corrected chi connectivity index (χ1v) is 9.81. The van der Waals surface area contributed by atoms with Gasteiger partial charge in [-0.1, -0.05) is 62.2 Å². The highest BCUT2D eigenvalue weighted by molar-refractivity contribution is 6.67. The molecule has 0 unspecified atom stereocenters. The van der Waals surface area contributed by atoms with Gasteiger partial charge in [0, 0.05) is 14.2 Å². The van der Waals surface area contributed by atoms with Crippen LogP contribution < -0.4 is 0 Å². The van der Waals surface area contributed by atoms with Crippen LogP contribution in [0.3, 0.4) is 0 Å². The molecule has 0 amide bonds. The Kier molecular flexibility index (Phi) is 8.50. The van der Waals surface area contributed by atoms with E-state index in [1.54, 1.807) is 14.2 Å². The molecule has 0 heterocycles. The Labute approximate surface area is 125 Å². The van der Waals surface area contributed by atoms with Crippen molar-refractivity contribution in [3.8, 4) is 0 Å². The second-order valence-corrected chi connectivity index (χ2v) is 8.77. The molecule has 3 heteroatoms. The van der Waals surface area contributed by atoms with Gasteiger partial charge >= 0.3 is 8.56 Å². The summed E-state index contributed by atoms with van der Waals surface area (Å²) >= 11 is 0. The lowest BCUT2D eigenvalue weighted by Crippen LogP contribution is -2.39. The van der Waals surface area contributed by atoms with Crippen LogP contribution in [0.1, 0.15) is 38.2 Å². The van der Waals surface area contributed by atoms with Crippen molar-refractivity contribution in [1.82, 2.24) is 0 Å². The molecule has 0 N–H and O–H groups in total. The third-order valence-corrected chi connectivity index (χ3v) is 7.53. The molecule has 0 aliphatic rings. The van der Waals surface area contributed by atoms with E-state index in [1.807, 2.05) is 6.07 Å². The van der Waals surface area contributed by atoms with Gasteiger partial charge in [-0.2, -0.15) is 0 Å². The Balaban J connectivity index is 2.25. The fourth-order valence-corrected chi connectivity index (χ4v) is 5.22. The lowest BCUT2D eigenvalue weighted by molar-refractivity contribution is 0.239. The molecule has 0 aliphatic carbocycles. The molecule has 0 radical (unpaired) electrons. The van der Waals surface area contributed by atoms with E-state index in [1.165, 1.54) is 18.4 Å². The van der Waals surface area contributed by atoms with Crippen LogP contribution in [0.25, 0.3) is 6.08 Å². The summed E-state index contributed by atoms with van der Waals surface area (Å²) < 4.78 is 11.4. The largest absolute Gasteiger partial charge is 0.398 e. The number of hydrogen-bond acceptors (Lipinski definition) is 2. The van der Waals surface area contributed by atoms with Gasteiger partial charge in [-0.05, 0) is 30.5 Å². The molecule has 0 bridgehead atoms. The molecule has 0 atom stereocenters. The van der Waals surface area contributed by atoms with Crippen LogP contribution in [-0.2, 0) is 8.85 Å². The molecular weight excluding hydrogens is 264 g/mol. The normalized spacial score (nSPS) is 12.2. The van der Waals surface area contributed by atoms with E-state index in [0.717, 1.165) is 24.9 Å². The third-order valence-electron chi connectivity index (χ3n) is 3.66. The minimum absolute atomic E-state index is 1.10. The molecule has 0 aromatic heterocycles. The van der Waals surface area contributed by atoms with Gasteiger partial charge in [0.25, 0.3) is 0 Å². The van der Waals surface area contributed by atoms with Gasteiger partial charge in [-0.3, -0.25) is 0 Å². The van der Waals surface area contributed by atoms with Gasteiger partial charge in [0.05, 0.1) is 0 Å². The molecule has 0 spiro atoms. The maximum Gasteiger partial charge on any atom is 0.337 e. The summed E-state index contributed by atoms with van der Waals surface area (Å²) in [4.78, 5) is 0. The predicted molar refractivity (Wildman–Crippen MR) is 89.0 cm³/mol. The predicted octanol–water partition coefficient (Wildman–Crippen LogP) is 5.02. The molecule has 0 saturated heterocycles. The van der Waals surface area contributed by atoms with E-state index >= 15 is 0 Å². The third kappa shape index (κ3) is 6.03. The maximum absolute atomic E-state index is 5.70. The van der Waals surface area contributed by atoms with Gasteiger partial charge in [-0.25, -0.2) is 0 Å². The number of allylic oxidation sites excluding steroid dienone is 1. The molecule has 0 aliphatic heterocycles. The summed E-state index contributed by atoms with van der Waals surface area (Å²) in [5.41, 5.74) is 1.27. The number of hydrogen-bond donors (Lipinski definition) is 0. The molecule has 1 aromatic rings. The van der Waals surface area contributed by atoms with Gasteiger partial charge in [0.15, 0.2) is 0 Å². The summed E-state index contributed by atoms with van der Waals surface area (Å²) in [6, 6.07) is 12.7. The average Bonchev–Trinajstić information content (AvgIpc) is 2.50. The van der Waals surface area contributed by atoms with E-state index in [9.17, 15) is 0 Å². The van der Waals surface area contributed by atoms with Crippen molar-refractivity contribution in [2.75, 3.05) is 14.2 Å². The number of rotatable bonds is 10. The van der Waals surface area contributed by atoms with Crippen molar-refractivity contribution in [3.63, 3.8) is 0 Å². The van der Waals surface area contributed by atoms with Crippen molar-refractivity contribution < 1.29 is 8.85 Å². The van der Waals surface area contributed by atoms with Crippen molar-refractivity contribution in [2.24, 2.45) is 0 Å². The van der Waals surface area contributed by atoms with Crippen molar-refractivity contribution in [1.29, 1.82) is 0 Å². The molecule has 0 saturated carbocycles. The Morgan fingerprint density at radius 2 is 1.70 bits per heavy atom. The summed E-state index contributed by atoms with van der Waals surface area (Å²) in [5.74, 6) is 0. The quantitative estimate of drug-likeness (QED) is 0.445. The van der Waals surface area contributed by atoms with Gasteiger partial charge in [0.1, 0.15) is 0 Å². The van der Waals surface area contributed by atoms with Crippen molar-refractivity contribution in [3.05, 3.63) is 42.0 Å². The molecular formula is C17H28O2Si.